The number of halogens is 1. The van der Waals surface area contributed by atoms with Gasteiger partial charge in [-0.15, -0.1) is 0 Å². The Kier molecular flexibility index (Phi) is 4.27. The first-order valence-electron chi connectivity index (χ1n) is 5.58. The minimum atomic E-state index is -0.342. The van der Waals surface area contributed by atoms with Crippen LogP contribution in [0.1, 0.15) is 5.56 Å². The Labute approximate surface area is 114 Å². The number of hydrogen-bond donors (Lipinski definition) is 1. The second-order valence-corrected chi connectivity index (χ2v) is 5.57. The number of hydrogen-bond acceptors (Lipinski definition) is 4. The molecule has 18 heavy (non-hydrogen) atoms. The smallest absolute Gasteiger partial charge is 0.289 e. The van der Waals surface area contributed by atoms with Gasteiger partial charge in [-0.2, -0.15) is 0 Å². The van der Waals surface area contributed by atoms with Gasteiger partial charge in [-0.05, 0) is 24.1 Å². The van der Waals surface area contributed by atoms with Gasteiger partial charge in [0.2, 0.25) is 5.91 Å². The quantitative estimate of drug-likeness (QED) is 0.917. The highest BCUT2D eigenvalue weighted by atomic mass is 35.5. The summed E-state index contributed by atoms with van der Waals surface area (Å²) in [4.78, 5) is 24.8. The Hall–Kier alpha value is -1.04. The lowest BCUT2D eigenvalue weighted by atomic mass is 10.1. The minimum Gasteiger partial charge on any atom is -0.329 e. The molecule has 0 saturated carbocycles. The van der Waals surface area contributed by atoms with E-state index < -0.39 is 0 Å². The largest absolute Gasteiger partial charge is 0.329 e. The number of thioether (sulfide) groups is 1. The van der Waals surface area contributed by atoms with Crippen LogP contribution >= 0.6 is 23.4 Å². The van der Waals surface area contributed by atoms with Gasteiger partial charge in [0.15, 0.2) is 0 Å². The van der Waals surface area contributed by atoms with Crippen LogP contribution in [0.4, 0.5) is 4.79 Å². The zero-order valence-corrected chi connectivity index (χ0v) is 11.2. The number of amides is 2. The molecule has 0 unspecified atom stereocenters. The average molecular weight is 285 g/mol. The Morgan fingerprint density at radius 3 is 2.56 bits per heavy atom. The molecule has 1 heterocycles. The van der Waals surface area contributed by atoms with Crippen molar-refractivity contribution in [3.8, 4) is 0 Å². The van der Waals surface area contributed by atoms with Crippen molar-refractivity contribution in [3.63, 3.8) is 0 Å². The van der Waals surface area contributed by atoms with Gasteiger partial charge in [-0.25, -0.2) is 0 Å². The van der Waals surface area contributed by atoms with E-state index in [1.54, 1.807) is 12.1 Å². The molecule has 1 fully saturated rings. The molecule has 0 spiro atoms. The Morgan fingerprint density at radius 2 is 1.94 bits per heavy atom. The van der Waals surface area contributed by atoms with Crippen LogP contribution in [0.3, 0.4) is 0 Å². The molecule has 1 aliphatic heterocycles. The molecular formula is C12H13ClN2O2S. The van der Waals surface area contributed by atoms with E-state index in [4.69, 9.17) is 17.3 Å². The molecule has 1 atom stereocenters. The Bertz CT molecular complexity index is 464. The highest BCUT2D eigenvalue weighted by molar-refractivity contribution is 8.15. The average Bonchev–Trinajstić information content (AvgIpc) is 2.60. The molecular weight excluding hydrogens is 272 g/mol. The molecule has 4 nitrogen and oxygen atoms in total. The van der Waals surface area contributed by atoms with Gasteiger partial charge in [-0.1, -0.05) is 35.5 Å². The van der Waals surface area contributed by atoms with Crippen molar-refractivity contribution in [2.75, 3.05) is 13.1 Å². The number of benzene rings is 1. The number of carbonyl (C=O) groups excluding carboxylic acids is 2. The number of nitrogens with two attached hydrogens (primary N) is 1. The molecule has 2 rings (SSSR count). The third-order valence-electron chi connectivity index (χ3n) is 2.69. The number of carbonyl (C=O) groups is 2. The number of rotatable bonds is 4. The summed E-state index contributed by atoms with van der Waals surface area (Å²) in [6.07, 6.45) is 0.535. The molecule has 96 valence electrons. The predicted octanol–water partition coefficient (Wildman–Crippen LogP) is 1.91. The summed E-state index contributed by atoms with van der Waals surface area (Å²) < 4.78 is 0. The molecule has 2 N–H and O–H groups in total. The molecule has 1 saturated heterocycles. The molecule has 0 aliphatic carbocycles. The fraction of sp³-hybridized carbons (Fsp3) is 0.333. The lowest BCUT2D eigenvalue weighted by Gasteiger charge is -2.12. The van der Waals surface area contributed by atoms with E-state index in [0.29, 0.717) is 24.5 Å². The van der Waals surface area contributed by atoms with Crippen molar-refractivity contribution in [2.24, 2.45) is 5.73 Å². The van der Waals surface area contributed by atoms with Crippen LogP contribution in [0.15, 0.2) is 24.3 Å². The van der Waals surface area contributed by atoms with Crippen molar-refractivity contribution in [3.05, 3.63) is 34.9 Å². The summed E-state index contributed by atoms with van der Waals surface area (Å²) in [6.45, 7) is 0.591. The van der Waals surface area contributed by atoms with Gasteiger partial charge in [0.1, 0.15) is 0 Å². The van der Waals surface area contributed by atoms with Crippen LogP contribution < -0.4 is 5.73 Å². The van der Waals surface area contributed by atoms with Crippen LogP contribution in [0.2, 0.25) is 5.02 Å². The first-order chi connectivity index (χ1) is 8.61. The summed E-state index contributed by atoms with van der Waals surface area (Å²) in [6, 6.07) is 7.29. The van der Waals surface area contributed by atoms with Crippen LogP contribution in [-0.2, 0) is 11.2 Å². The SMILES string of the molecule is NCCN1C(=O)S[C@@H](Cc2ccc(Cl)cc2)C1=O. The van der Waals surface area contributed by atoms with Gasteiger partial charge < -0.3 is 5.73 Å². The van der Waals surface area contributed by atoms with Gasteiger partial charge >= 0.3 is 0 Å². The Morgan fingerprint density at radius 1 is 1.28 bits per heavy atom. The predicted molar refractivity (Wildman–Crippen MR) is 72.7 cm³/mol. The first-order valence-corrected chi connectivity index (χ1v) is 6.84. The zero-order valence-electron chi connectivity index (χ0n) is 9.64. The lowest BCUT2D eigenvalue weighted by molar-refractivity contribution is -0.126. The van der Waals surface area contributed by atoms with Gasteiger partial charge in [0.05, 0.1) is 5.25 Å². The molecule has 0 bridgehead atoms. The fourth-order valence-corrected chi connectivity index (χ4v) is 2.98. The molecule has 1 aromatic rings. The van der Waals surface area contributed by atoms with Crippen molar-refractivity contribution in [1.82, 2.24) is 4.90 Å². The molecule has 1 aliphatic rings. The second kappa shape index (κ2) is 5.73. The van der Waals surface area contributed by atoms with Crippen LogP contribution in [-0.4, -0.2) is 34.4 Å². The van der Waals surface area contributed by atoms with E-state index in [-0.39, 0.29) is 16.4 Å². The summed E-state index contributed by atoms with van der Waals surface area (Å²) >= 11 is 6.87. The minimum absolute atomic E-state index is 0.148. The monoisotopic (exact) mass is 284 g/mol. The third kappa shape index (κ3) is 2.85. The molecule has 1 aromatic carbocycles. The van der Waals surface area contributed by atoms with E-state index in [2.05, 4.69) is 0 Å². The van der Waals surface area contributed by atoms with Crippen LogP contribution in [0, 0.1) is 0 Å². The summed E-state index contributed by atoms with van der Waals surface area (Å²) in [5.41, 5.74) is 6.37. The van der Waals surface area contributed by atoms with E-state index >= 15 is 0 Å². The van der Waals surface area contributed by atoms with Gasteiger partial charge in [0, 0.05) is 18.1 Å². The van der Waals surface area contributed by atoms with E-state index in [1.807, 2.05) is 12.1 Å². The van der Waals surface area contributed by atoms with Crippen LogP contribution in [0.5, 0.6) is 0 Å². The van der Waals surface area contributed by atoms with Crippen molar-refractivity contribution >= 4 is 34.5 Å². The van der Waals surface area contributed by atoms with Crippen LogP contribution in [0.25, 0.3) is 0 Å². The maximum Gasteiger partial charge on any atom is 0.289 e. The highest BCUT2D eigenvalue weighted by Gasteiger charge is 2.38. The summed E-state index contributed by atoms with van der Waals surface area (Å²) in [5.74, 6) is -0.148. The number of nitrogens with zero attached hydrogens (tertiary/aromatic N) is 1. The highest BCUT2D eigenvalue weighted by Crippen LogP contribution is 2.29. The van der Waals surface area contributed by atoms with E-state index in [9.17, 15) is 9.59 Å². The Balaban J connectivity index is 2.05. The first kappa shape index (κ1) is 13.4. The topological polar surface area (TPSA) is 63.4 Å². The standard InChI is InChI=1S/C12H13ClN2O2S/c13-9-3-1-8(2-4-9)7-10-11(16)15(6-5-14)12(17)18-10/h1-4,10H,5-7,14H2/t10-/m0/s1. The lowest BCUT2D eigenvalue weighted by Crippen LogP contribution is -2.36. The maximum atomic E-state index is 12.0. The molecule has 6 heteroatoms. The van der Waals surface area contributed by atoms with Crippen molar-refractivity contribution < 1.29 is 9.59 Å². The zero-order chi connectivity index (χ0) is 13.1. The van der Waals surface area contributed by atoms with Gasteiger partial charge in [0.25, 0.3) is 5.24 Å². The summed E-state index contributed by atoms with van der Waals surface area (Å²) in [5, 5.41) is 0.111. The molecule has 0 aromatic heterocycles. The third-order valence-corrected chi connectivity index (χ3v) is 4.02. The van der Waals surface area contributed by atoms with E-state index in [1.165, 1.54) is 4.90 Å². The summed E-state index contributed by atoms with van der Waals surface area (Å²) in [7, 11) is 0. The van der Waals surface area contributed by atoms with Gasteiger partial charge in [-0.3, -0.25) is 14.5 Å². The molecule has 0 radical (unpaired) electrons. The molecule has 2 amide bonds. The van der Waals surface area contributed by atoms with E-state index in [0.717, 1.165) is 17.3 Å². The number of imide groups is 1. The van der Waals surface area contributed by atoms with Crippen molar-refractivity contribution in [1.29, 1.82) is 0 Å². The second-order valence-electron chi connectivity index (χ2n) is 3.98. The van der Waals surface area contributed by atoms with Crippen molar-refractivity contribution in [2.45, 2.75) is 11.7 Å². The normalized spacial score (nSPS) is 19.7. The maximum absolute atomic E-state index is 12.0. The fourth-order valence-electron chi connectivity index (χ4n) is 1.79.